The zero-order valence-electron chi connectivity index (χ0n) is 7.29. The zero-order chi connectivity index (χ0) is 9.30. The first-order valence-corrected chi connectivity index (χ1v) is 5.02. The highest BCUT2D eigenvalue weighted by atomic mass is 32.2. The Morgan fingerprint density at radius 2 is 1.75 bits per heavy atom. The molecule has 1 heterocycles. The molecule has 0 amide bonds. The predicted molar refractivity (Wildman–Crippen MR) is 48.3 cm³/mol. The van der Waals surface area contributed by atoms with Crippen molar-refractivity contribution >= 4 is 16.6 Å². The van der Waals surface area contributed by atoms with E-state index in [1.807, 2.05) is 13.8 Å². The summed E-state index contributed by atoms with van der Waals surface area (Å²) in [5, 5.41) is 0.373. The molecule has 0 saturated carbocycles. The molecule has 0 aliphatic heterocycles. The molecule has 1 atom stereocenters. The summed E-state index contributed by atoms with van der Waals surface area (Å²) in [6.45, 7) is 3.64. The van der Waals surface area contributed by atoms with Gasteiger partial charge in [-0.15, -0.1) is 0 Å². The first kappa shape index (κ1) is 9.12. The van der Waals surface area contributed by atoms with Crippen LogP contribution in [0, 0.1) is 13.8 Å². The molecule has 5 heteroatoms. The SMILES string of the molecule is Cc1nc(N)c([S@@](C)=O)nc1C. The molecule has 0 radical (unpaired) electrons. The maximum atomic E-state index is 11.1. The number of rotatable bonds is 1. The molecule has 0 bridgehead atoms. The maximum absolute atomic E-state index is 11.1. The van der Waals surface area contributed by atoms with Gasteiger partial charge in [0.1, 0.15) is 0 Å². The third-order valence-electron chi connectivity index (χ3n) is 1.57. The van der Waals surface area contributed by atoms with Crippen molar-refractivity contribution in [2.24, 2.45) is 0 Å². The quantitative estimate of drug-likeness (QED) is 0.688. The lowest BCUT2D eigenvalue weighted by Crippen LogP contribution is -2.05. The van der Waals surface area contributed by atoms with Crippen molar-refractivity contribution in [3.05, 3.63) is 11.4 Å². The van der Waals surface area contributed by atoms with Gasteiger partial charge in [0.15, 0.2) is 10.8 Å². The van der Waals surface area contributed by atoms with E-state index in [1.54, 1.807) is 0 Å². The van der Waals surface area contributed by atoms with Crippen LogP contribution in [0.2, 0.25) is 0 Å². The molecule has 4 nitrogen and oxygen atoms in total. The highest BCUT2D eigenvalue weighted by molar-refractivity contribution is 7.84. The summed E-state index contributed by atoms with van der Waals surface area (Å²) in [6, 6.07) is 0. The van der Waals surface area contributed by atoms with Crippen LogP contribution in [0.15, 0.2) is 5.03 Å². The summed E-state index contributed by atoms with van der Waals surface area (Å²) in [5.74, 6) is 0.263. The maximum Gasteiger partial charge on any atom is 0.169 e. The van der Waals surface area contributed by atoms with Crippen LogP contribution in [0.1, 0.15) is 11.4 Å². The number of aromatic nitrogens is 2. The molecule has 0 fully saturated rings. The fourth-order valence-corrected chi connectivity index (χ4v) is 1.42. The Balaban J connectivity index is 3.33. The number of anilines is 1. The van der Waals surface area contributed by atoms with E-state index in [0.29, 0.717) is 5.03 Å². The van der Waals surface area contributed by atoms with Crippen LogP contribution in [-0.2, 0) is 10.8 Å². The molecular weight excluding hydrogens is 174 g/mol. The van der Waals surface area contributed by atoms with Crippen molar-refractivity contribution in [3.63, 3.8) is 0 Å². The first-order chi connectivity index (χ1) is 5.52. The minimum absolute atomic E-state index is 0.263. The van der Waals surface area contributed by atoms with Gasteiger partial charge in [0, 0.05) is 6.26 Å². The highest BCUT2D eigenvalue weighted by Gasteiger charge is 2.08. The Labute approximate surface area is 73.7 Å². The van der Waals surface area contributed by atoms with Gasteiger partial charge >= 0.3 is 0 Å². The van der Waals surface area contributed by atoms with Crippen LogP contribution in [-0.4, -0.2) is 20.4 Å². The van der Waals surface area contributed by atoms with Gasteiger partial charge in [0.2, 0.25) is 0 Å². The number of nitrogen functional groups attached to an aromatic ring is 1. The molecule has 66 valence electrons. The van der Waals surface area contributed by atoms with E-state index < -0.39 is 10.8 Å². The molecular formula is C7H11N3OS. The summed E-state index contributed by atoms with van der Waals surface area (Å²) >= 11 is 0. The molecule has 0 spiro atoms. The number of hydrogen-bond donors (Lipinski definition) is 1. The fourth-order valence-electron chi connectivity index (χ4n) is 0.811. The van der Waals surface area contributed by atoms with Gasteiger partial charge < -0.3 is 5.73 Å². The lowest BCUT2D eigenvalue weighted by atomic mass is 10.3. The van der Waals surface area contributed by atoms with Crippen LogP contribution < -0.4 is 5.73 Å². The highest BCUT2D eigenvalue weighted by Crippen LogP contribution is 2.12. The number of aryl methyl sites for hydroxylation is 2. The van der Waals surface area contributed by atoms with Gasteiger partial charge in [-0.05, 0) is 13.8 Å². The Morgan fingerprint density at radius 3 is 2.25 bits per heavy atom. The van der Waals surface area contributed by atoms with E-state index in [0.717, 1.165) is 11.4 Å². The average Bonchev–Trinajstić information content (AvgIpc) is 1.96. The van der Waals surface area contributed by atoms with Crippen molar-refractivity contribution in [1.82, 2.24) is 9.97 Å². The Hall–Kier alpha value is -0.970. The Bertz CT molecular complexity index is 338. The largest absolute Gasteiger partial charge is 0.381 e. The fraction of sp³-hybridized carbons (Fsp3) is 0.429. The van der Waals surface area contributed by atoms with Crippen LogP contribution in [0.4, 0.5) is 5.82 Å². The number of nitrogens with zero attached hydrogens (tertiary/aromatic N) is 2. The minimum Gasteiger partial charge on any atom is -0.381 e. The molecule has 2 N–H and O–H groups in total. The topological polar surface area (TPSA) is 68.9 Å². The van der Waals surface area contributed by atoms with Crippen molar-refractivity contribution in [2.45, 2.75) is 18.9 Å². The van der Waals surface area contributed by atoms with Crippen LogP contribution >= 0.6 is 0 Å². The number of nitrogens with two attached hydrogens (primary N) is 1. The molecule has 1 aromatic rings. The summed E-state index contributed by atoms with van der Waals surface area (Å²) in [6.07, 6.45) is 1.54. The minimum atomic E-state index is -1.16. The van der Waals surface area contributed by atoms with Crippen LogP contribution in [0.25, 0.3) is 0 Å². The average molecular weight is 185 g/mol. The summed E-state index contributed by atoms with van der Waals surface area (Å²) in [4.78, 5) is 8.10. The monoisotopic (exact) mass is 185 g/mol. The van der Waals surface area contributed by atoms with E-state index in [9.17, 15) is 4.21 Å². The second-order valence-corrected chi connectivity index (χ2v) is 3.83. The second-order valence-electron chi connectivity index (χ2n) is 2.54. The van der Waals surface area contributed by atoms with Crippen molar-refractivity contribution in [1.29, 1.82) is 0 Å². The van der Waals surface area contributed by atoms with Gasteiger partial charge in [-0.1, -0.05) is 0 Å². The van der Waals surface area contributed by atoms with Crippen LogP contribution in [0.5, 0.6) is 0 Å². The summed E-state index contributed by atoms with van der Waals surface area (Å²) in [7, 11) is -1.16. The van der Waals surface area contributed by atoms with E-state index in [4.69, 9.17) is 5.73 Å². The van der Waals surface area contributed by atoms with Gasteiger partial charge in [-0.25, -0.2) is 9.97 Å². The van der Waals surface area contributed by atoms with E-state index >= 15 is 0 Å². The van der Waals surface area contributed by atoms with Crippen LogP contribution in [0.3, 0.4) is 0 Å². The second kappa shape index (κ2) is 3.18. The van der Waals surface area contributed by atoms with Crippen molar-refractivity contribution in [2.75, 3.05) is 12.0 Å². The number of hydrogen-bond acceptors (Lipinski definition) is 4. The molecule has 1 aromatic heterocycles. The zero-order valence-corrected chi connectivity index (χ0v) is 8.10. The predicted octanol–water partition coefficient (Wildman–Crippen LogP) is 0.413. The molecule has 0 aliphatic carbocycles. The third-order valence-corrected chi connectivity index (χ3v) is 2.42. The lowest BCUT2D eigenvalue weighted by molar-refractivity contribution is 0.683. The van der Waals surface area contributed by atoms with E-state index in [2.05, 4.69) is 9.97 Å². The molecule has 0 aromatic carbocycles. The standard InChI is InChI=1S/C7H11N3OS/c1-4-5(2)10-7(12(3)11)6(8)9-4/h1-3H3,(H2,8,9)/t12-/m1/s1. The molecule has 0 saturated heterocycles. The van der Waals surface area contributed by atoms with E-state index in [-0.39, 0.29) is 5.82 Å². The Kier molecular flexibility index (Phi) is 2.42. The molecule has 12 heavy (non-hydrogen) atoms. The third kappa shape index (κ3) is 1.61. The van der Waals surface area contributed by atoms with Gasteiger partial charge in [-0.3, -0.25) is 4.21 Å². The smallest absolute Gasteiger partial charge is 0.169 e. The lowest BCUT2D eigenvalue weighted by Gasteiger charge is -2.03. The summed E-state index contributed by atoms with van der Waals surface area (Å²) < 4.78 is 11.1. The normalized spacial score (nSPS) is 12.9. The van der Waals surface area contributed by atoms with Gasteiger partial charge in [0.05, 0.1) is 22.2 Å². The molecule has 0 unspecified atom stereocenters. The van der Waals surface area contributed by atoms with Gasteiger partial charge in [-0.2, -0.15) is 0 Å². The van der Waals surface area contributed by atoms with Crippen molar-refractivity contribution < 1.29 is 4.21 Å². The van der Waals surface area contributed by atoms with E-state index in [1.165, 1.54) is 6.26 Å². The molecule has 0 aliphatic rings. The summed E-state index contributed by atoms with van der Waals surface area (Å²) in [5.41, 5.74) is 7.08. The molecule has 1 rings (SSSR count). The van der Waals surface area contributed by atoms with Crippen molar-refractivity contribution in [3.8, 4) is 0 Å². The Morgan fingerprint density at radius 1 is 1.25 bits per heavy atom. The van der Waals surface area contributed by atoms with Gasteiger partial charge in [0.25, 0.3) is 0 Å². The first-order valence-electron chi connectivity index (χ1n) is 3.46.